The van der Waals surface area contributed by atoms with Crippen LogP contribution in [-0.4, -0.2) is 60.1 Å². The van der Waals surface area contributed by atoms with Gasteiger partial charge in [-0.15, -0.1) is 0 Å². The van der Waals surface area contributed by atoms with Gasteiger partial charge in [0.2, 0.25) is 10.0 Å². The van der Waals surface area contributed by atoms with E-state index in [1.54, 1.807) is 30.3 Å². The molecule has 1 fully saturated rings. The topological polar surface area (TPSA) is 81.5 Å². The summed E-state index contributed by atoms with van der Waals surface area (Å²) in [6.07, 6.45) is 0. The van der Waals surface area contributed by atoms with E-state index in [0.717, 1.165) is 5.52 Å². The van der Waals surface area contributed by atoms with Crippen LogP contribution in [0.2, 0.25) is 0 Å². The van der Waals surface area contributed by atoms with E-state index in [4.69, 9.17) is 4.74 Å². The fraction of sp³-hybridized carbons (Fsp3) is 0.333. The van der Waals surface area contributed by atoms with Gasteiger partial charge in [0.1, 0.15) is 0 Å². The van der Waals surface area contributed by atoms with E-state index in [1.165, 1.54) is 16.1 Å². The van der Waals surface area contributed by atoms with E-state index in [-0.39, 0.29) is 16.4 Å². The molecule has 0 saturated carbocycles. The predicted octanol–water partition coefficient (Wildman–Crippen LogP) is 3.05. The van der Waals surface area contributed by atoms with Crippen molar-refractivity contribution in [3.63, 3.8) is 0 Å². The molecule has 7 nitrogen and oxygen atoms in total. The number of fused-ring (bicyclic) bond motifs is 1. The zero-order valence-corrected chi connectivity index (χ0v) is 18.3. The summed E-state index contributed by atoms with van der Waals surface area (Å²) in [6, 6.07) is 14.2. The van der Waals surface area contributed by atoms with Gasteiger partial charge in [-0.05, 0) is 25.1 Å². The van der Waals surface area contributed by atoms with Crippen LogP contribution in [0.5, 0.6) is 0 Å². The lowest BCUT2D eigenvalue weighted by atomic mass is 10.2. The molecule has 1 saturated heterocycles. The van der Waals surface area contributed by atoms with Crippen molar-refractivity contribution in [3.05, 3.63) is 54.1 Å². The van der Waals surface area contributed by atoms with Crippen LogP contribution in [0.1, 0.15) is 17.3 Å². The Morgan fingerprint density at radius 2 is 1.87 bits per heavy atom. The molecule has 0 unspecified atom stereocenters. The predicted molar refractivity (Wildman–Crippen MR) is 116 cm³/mol. The molecule has 0 radical (unpaired) electrons. The average Bonchev–Trinajstić information content (AvgIpc) is 3.15. The van der Waals surface area contributed by atoms with Crippen molar-refractivity contribution >= 4 is 38.6 Å². The number of hydrogen-bond donors (Lipinski definition) is 0. The van der Waals surface area contributed by atoms with Crippen molar-refractivity contribution in [2.24, 2.45) is 0 Å². The van der Waals surface area contributed by atoms with Crippen LogP contribution in [0.4, 0.5) is 0 Å². The number of morpholine rings is 1. The van der Waals surface area contributed by atoms with E-state index in [9.17, 15) is 13.2 Å². The minimum atomic E-state index is -3.58. The highest BCUT2D eigenvalue weighted by Crippen LogP contribution is 2.28. The fourth-order valence-electron chi connectivity index (χ4n) is 3.44. The molecule has 1 aromatic heterocycles. The summed E-state index contributed by atoms with van der Waals surface area (Å²) >= 11 is 1.37. The highest BCUT2D eigenvalue weighted by Gasteiger charge is 2.27. The van der Waals surface area contributed by atoms with Gasteiger partial charge >= 0.3 is 0 Å². The molecule has 3 aromatic rings. The van der Waals surface area contributed by atoms with Crippen molar-refractivity contribution in [1.82, 2.24) is 13.9 Å². The maximum atomic E-state index is 13.0. The molecule has 2 heterocycles. The van der Waals surface area contributed by atoms with Crippen LogP contribution in [0.15, 0.2) is 58.6 Å². The molecule has 1 aliphatic rings. The van der Waals surface area contributed by atoms with Crippen LogP contribution in [0.25, 0.3) is 11.0 Å². The van der Waals surface area contributed by atoms with E-state index < -0.39 is 10.0 Å². The summed E-state index contributed by atoms with van der Waals surface area (Å²) in [4.78, 5) is 17.3. The van der Waals surface area contributed by atoms with Crippen LogP contribution in [0.3, 0.4) is 0 Å². The molecule has 2 aromatic carbocycles. The number of carbonyl (C=O) groups excluding carboxylic acids is 1. The van der Waals surface area contributed by atoms with Gasteiger partial charge in [-0.25, -0.2) is 13.4 Å². The van der Waals surface area contributed by atoms with Gasteiger partial charge in [-0.2, -0.15) is 4.31 Å². The van der Waals surface area contributed by atoms with Crippen LogP contribution >= 0.6 is 11.8 Å². The Kier molecular flexibility index (Phi) is 6.24. The van der Waals surface area contributed by atoms with Gasteiger partial charge in [-0.3, -0.25) is 4.79 Å². The third-order valence-electron chi connectivity index (χ3n) is 5.04. The number of nitrogens with zero attached hydrogens (tertiary/aromatic N) is 3. The normalized spacial score (nSPS) is 15.5. The standard InChI is InChI=1S/C21H23N3O4S2/c1-2-24-19-9-8-17(30(26,27)23-10-12-28-13-11-23)14-18(19)22-21(24)29-15-20(25)16-6-4-3-5-7-16/h3-9,14H,2,10-13,15H2,1H3. The average molecular weight is 446 g/mol. The number of benzene rings is 2. The molecular formula is C21H23N3O4S2. The minimum Gasteiger partial charge on any atom is -0.379 e. The first-order chi connectivity index (χ1) is 14.5. The number of carbonyl (C=O) groups is 1. The number of ether oxygens (including phenoxy) is 1. The highest BCUT2D eigenvalue weighted by atomic mass is 32.2. The molecular weight excluding hydrogens is 422 g/mol. The minimum absolute atomic E-state index is 0.0332. The fourth-order valence-corrected chi connectivity index (χ4v) is 5.84. The van der Waals surface area contributed by atoms with Crippen molar-refractivity contribution in [1.29, 1.82) is 0 Å². The van der Waals surface area contributed by atoms with Gasteiger partial charge in [0.25, 0.3) is 0 Å². The number of rotatable bonds is 7. The second kappa shape index (κ2) is 8.89. The SMILES string of the molecule is CCn1c(SCC(=O)c2ccccc2)nc2cc(S(=O)(=O)N3CCOCC3)ccc21. The second-order valence-corrected chi connectivity index (χ2v) is 9.76. The zero-order valence-electron chi connectivity index (χ0n) is 16.7. The highest BCUT2D eigenvalue weighted by molar-refractivity contribution is 7.99. The summed E-state index contributed by atoms with van der Waals surface area (Å²) < 4.78 is 34.6. The summed E-state index contributed by atoms with van der Waals surface area (Å²) in [6.45, 7) is 4.19. The van der Waals surface area contributed by atoms with E-state index in [0.29, 0.717) is 49.1 Å². The van der Waals surface area contributed by atoms with Crippen molar-refractivity contribution < 1.29 is 17.9 Å². The number of ketones is 1. The molecule has 158 valence electrons. The molecule has 0 bridgehead atoms. The monoisotopic (exact) mass is 445 g/mol. The number of hydrogen-bond acceptors (Lipinski definition) is 6. The van der Waals surface area contributed by atoms with Gasteiger partial charge in [0.15, 0.2) is 10.9 Å². The van der Waals surface area contributed by atoms with Crippen molar-refractivity contribution in [2.75, 3.05) is 32.1 Å². The maximum absolute atomic E-state index is 13.0. The summed E-state index contributed by atoms with van der Waals surface area (Å²) in [5.74, 6) is 0.303. The molecule has 0 N–H and O–H groups in total. The Labute approximate surface area is 180 Å². The largest absolute Gasteiger partial charge is 0.379 e. The van der Waals surface area contributed by atoms with Crippen LogP contribution < -0.4 is 0 Å². The van der Waals surface area contributed by atoms with Crippen LogP contribution in [-0.2, 0) is 21.3 Å². The van der Waals surface area contributed by atoms with E-state index in [1.807, 2.05) is 29.7 Å². The van der Waals surface area contributed by atoms with E-state index >= 15 is 0 Å². The molecule has 9 heteroatoms. The number of Topliss-reactive ketones (excluding diaryl/α,β-unsaturated/α-hetero) is 1. The quantitative estimate of drug-likeness (QED) is 0.411. The van der Waals surface area contributed by atoms with E-state index in [2.05, 4.69) is 4.98 Å². The zero-order chi connectivity index (χ0) is 21.1. The lowest BCUT2D eigenvalue weighted by molar-refractivity contribution is 0.0730. The number of sulfonamides is 1. The summed E-state index contributed by atoms with van der Waals surface area (Å²) in [5.41, 5.74) is 2.14. The van der Waals surface area contributed by atoms with Gasteiger partial charge in [0.05, 0.1) is 34.9 Å². The Morgan fingerprint density at radius 1 is 1.13 bits per heavy atom. The van der Waals surface area contributed by atoms with Gasteiger partial charge in [0, 0.05) is 25.2 Å². The Balaban J connectivity index is 1.60. The van der Waals surface area contributed by atoms with Crippen molar-refractivity contribution in [3.8, 4) is 0 Å². The first kappa shape index (κ1) is 21.0. The number of aromatic nitrogens is 2. The number of imidazole rings is 1. The smallest absolute Gasteiger partial charge is 0.243 e. The molecule has 0 spiro atoms. The molecule has 0 amide bonds. The third kappa shape index (κ3) is 4.15. The second-order valence-electron chi connectivity index (χ2n) is 6.88. The lowest BCUT2D eigenvalue weighted by Crippen LogP contribution is -2.40. The van der Waals surface area contributed by atoms with Gasteiger partial charge in [-0.1, -0.05) is 42.1 Å². The summed E-state index contributed by atoms with van der Waals surface area (Å²) in [5, 5.41) is 0.706. The Bertz CT molecular complexity index is 1150. The molecule has 1 aliphatic heterocycles. The van der Waals surface area contributed by atoms with Crippen LogP contribution in [0, 0.1) is 0 Å². The number of aryl methyl sites for hydroxylation is 1. The Morgan fingerprint density at radius 3 is 2.57 bits per heavy atom. The third-order valence-corrected chi connectivity index (χ3v) is 7.91. The molecule has 0 aliphatic carbocycles. The molecule has 0 atom stereocenters. The molecule has 4 rings (SSSR count). The Hall–Kier alpha value is -2.20. The summed E-state index contributed by atoms with van der Waals surface area (Å²) in [7, 11) is -3.58. The first-order valence-electron chi connectivity index (χ1n) is 9.80. The molecule has 30 heavy (non-hydrogen) atoms. The van der Waals surface area contributed by atoms with Gasteiger partial charge < -0.3 is 9.30 Å². The number of thioether (sulfide) groups is 1. The lowest BCUT2D eigenvalue weighted by Gasteiger charge is -2.26. The van der Waals surface area contributed by atoms with Crippen molar-refractivity contribution in [2.45, 2.75) is 23.5 Å². The first-order valence-corrected chi connectivity index (χ1v) is 12.2. The maximum Gasteiger partial charge on any atom is 0.243 e.